The minimum absolute atomic E-state index is 0.776. The normalized spacial score (nSPS) is 11.9. The molecule has 3 nitrogen and oxygen atoms in total. The standard InChI is InChI=1S/C15H13N3/c1-16-15-13-9-5-6-10-14(13)18(11-17-15)12-7-3-2-4-8-12/h2-11H,1H3. The molecule has 88 valence electrons. The minimum atomic E-state index is 0.776. The molecule has 0 aliphatic carbocycles. The Kier molecular flexibility index (Phi) is 2.65. The number of nitrogens with zero attached hydrogens (tertiary/aromatic N) is 3. The maximum atomic E-state index is 4.40. The Morgan fingerprint density at radius 2 is 1.67 bits per heavy atom. The molecule has 0 unspecified atom stereocenters. The van der Waals surface area contributed by atoms with Gasteiger partial charge in [0.15, 0.2) is 5.49 Å². The van der Waals surface area contributed by atoms with Crippen LogP contribution in [0.3, 0.4) is 0 Å². The molecule has 0 atom stereocenters. The summed E-state index contributed by atoms with van der Waals surface area (Å²) in [4.78, 5) is 8.61. The molecule has 1 aromatic heterocycles. The molecule has 0 saturated heterocycles. The number of hydrogen-bond donors (Lipinski definition) is 0. The summed E-state index contributed by atoms with van der Waals surface area (Å²) in [5.74, 6) is 0. The highest BCUT2D eigenvalue weighted by Crippen LogP contribution is 2.14. The lowest BCUT2D eigenvalue weighted by Crippen LogP contribution is -2.12. The Morgan fingerprint density at radius 3 is 2.44 bits per heavy atom. The van der Waals surface area contributed by atoms with Crippen molar-refractivity contribution in [2.75, 3.05) is 7.05 Å². The van der Waals surface area contributed by atoms with Gasteiger partial charge in [-0.3, -0.25) is 4.99 Å². The van der Waals surface area contributed by atoms with Crippen molar-refractivity contribution >= 4 is 10.9 Å². The van der Waals surface area contributed by atoms with Crippen LogP contribution in [0.4, 0.5) is 0 Å². The Morgan fingerprint density at radius 1 is 0.944 bits per heavy atom. The first-order valence-electron chi connectivity index (χ1n) is 5.85. The van der Waals surface area contributed by atoms with E-state index in [0.29, 0.717) is 0 Å². The van der Waals surface area contributed by atoms with E-state index in [9.17, 15) is 0 Å². The monoisotopic (exact) mass is 235 g/mol. The van der Waals surface area contributed by atoms with Crippen LogP contribution in [0.1, 0.15) is 0 Å². The Bertz CT molecular complexity index is 742. The lowest BCUT2D eigenvalue weighted by Gasteiger charge is -2.10. The summed E-state index contributed by atoms with van der Waals surface area (Å²) in [6, 6.07) is 18.4. The third-order valence-electron chi connectivity index (χ3n) is 2.95. The van der Waals surface area contributed by atoms with Gasteiger partial charge in [0.25, 0.3) is 0 Å². The van der Waals surface area contributed by atoms with E-state index in [4.69, 9.17) is 0 Å². The molecule has 1 heterocycles. The Hall–Kier alpha value is -2.42. The maximum absolute atomic E-state index is 4.40. The van der Waals surface area contributed by atoms with Crippen molar-refractivity contribution in [3.05, 3.63) is 66.4 Å². The van der Waals surface area contributed by atoms with Gasteiger partial charge >= 0.3 is 0 Å². The predicted molar refractivity (Wildman–Crippen MR) is 72.6 cm³/mol. The molecule has 3 heteroatoms. The quantitative estimate of drug-likeness (QED) is 0.637. The molecule has 0 saturated carbocycles. The first kappa shape index (κ1) is 10.7. The number of aromatic nitrogens is 2. The second-order valence-electron chi connectivity index (χ2n) is 4.01. The number of benzene rings is 2. The van der Waals surface area contributed by atoms with Gasteiger partial charge in [0.05, 0.1) is 5.52 Å². The molecular formula is C15H13N3. The van der Waals surface area contributed by atoms with Crippen LogP contribution >= 0.6 is 0 Å². The van der Waals surface area contributed by atoms with E-state index in [1.807, 2.05) is 42.7 Å². The predicted octanol–water partition coefficient (Wildman–Crippen LogP) is 2.56. The van der Waals surface area contributed by atoms with Crippen molar-refractivity contribution in [1.29, 1.82) is 0 Å². The average Bonchev–Trinajstić information content (AvgIpc) is 2.47. The lowest BCUT2D eigenvalue weighted by molar-refractivity contribution is 0.991. The molecule has 0 fully saturated rings. The van der Waals surface area contributed by atoms with Crippen LogP contribution in [0, 0.1) is 0 Å². The van der Waals surface area contributed by atoms with E-state index < -0.39 is 0 Å². The molecule has 2 aromatic carbocycles. The summed E-state index contributed by atoms with van der Waals surface area (Å²) >= 11 is 0. The zero-order valence-electron chi connectivity index (χ0n) is 10.1. The van der Waals surface area contributed by atoms with E-state index in [-0.39, 0.29) is 0 Å². The third-order valence-corrected chi connectivity index (χ3v) is 2.95. The molecule has 0 aliphatic heterocycles. The minimum Gasteiger partial charge on any atom is -0.300 e. The van der Waals surface area contributed by atoms with Gasteiger partial charge in [0.1, 0.15) is 6.33 Å². The molecule has 0 N–H and O–H groups in total. The highest BCUT2D eigenvalue weighted by molar-refractivity contribution is 5.79. The highest BCUT2D eigenvalue weighted by atomic mass is 15.0. The van der Waals surface area contributed by atoms with Crippen LogP contribution in [0.15, 0.2) is 65.9 Å². The van der Waals surface area contributed by atoms with Gasteiger partial charge in [-0.1, -0.05) is 30.3 Å². The summed E-state index contributed by atoms with van der Waals surface area (Å²) in [6.45, 7) is 0. The van der Waals surface area contributed by atoms with Crippen LogP contribution in [0.2, 0.25) is 0 Å². The molecule has 3 rings (SSSR count). The van der Waals surface area contributed by atoms with Crippen LogP contribution in [0.5, 0.6) is 0 Å². The smallest absolute Gasteiger partial charge is 0.158 e. The number of hydrogen-bond acceptors (Lipinski definition) is 2. The molecule has 0 amide bonds. The zero-order chi connectivity index (χ0) is 12.4. The summed E-state index contributed by atoms with van der Waals surface area (Å²) in [6.07, 6.45) is 1.82. The van der Waals surface area contributed by atoms with Crippen LogP contribution < -0.4 is 5.49 Å². The number of fused-ring (bicyclic) bond motifs is 1. The van der Waals surface area contributed by atoms with Crippen LogP contribution in [-0.2, 0) is 0 Å². The molecule has 18 heavy (non-hydrogen) atoms. The second kappa shape index (κ2) is 4.45. The van der Waals surface area contributed by atoms with Gasteiger partial charge in [-0.25, -0.2) is 4.98 Å². The number of para-hydroxylation sites is 2. The van der Waals surface area contributed by atoms with E-state index >= 15 is 0 Å². The van der Waals surface area contributed by atoms with Gasteiger partial charge in [0, 0.05) is 18.1 Å². The largest absolute Gasteiger partial charge is 0.300 e. The fourth-order valence-electron chi connectivity index (χ4n) is 2.09. The second-order valence-corrected chi connectivity index (χ2v) is 4.01. The number of rotatable bonds is 1. The van der Waals surface area contributed by atoms with Crippen molar-refractivity contribution in [2.24, 2.45) is 4.99 Å². The van der Waals surface area contributed by atoms with Crippen molar-refractivity contribution in [1.82, 2.24) is 9.55 Å². The zero-order valence-corrected chi connectivity index (χ0v) is 10.1. The molecule has 0 spiro atoms. The first-order chi connectivity index (χ1) is 8.90. The van der Waals surface area contributed by atoms with Gasteiger partial charge in [-0.15, -0.1) is 0 Å². The highest BCUT2D eigenvalue weighted by Gasteiger charge is 2.02. The summed E-state index contributed by atoms with van der Waals surface area (Å²) in [7, 11) is 1.77. The lowest BCUT2D eigenvalue weighted by atomic mass is 10.2. The van der Waals surface area contributed by atoms with Gasteiger partial charge in [-0.2, -0.15) is 0 Å². The Labute approximate surface area is 105 Å². The molecule has 0 aliphatic rings. The van der Waals surface area contributed by atoms with E-state index in [0.717, 1.165) is 22.1 Å². The summed E-state index contributed by atoms with van der Waals surface area (Å²) < 4.78 is 2.07. The molecule has 0 radical (unpaired) electrons. The van der Waals surface area contributed by atoms with E-state index in [1.165, 1.54) is 0 Å². The van der Waals surface area contributed by atoms with E-state index in [2.05, 4.69) is 32.7 Å². The summed E-state index contributed by atoms with van der Waals surface area (Å²) in [5, 5.41) is 1.06. The van der Waals surface area contributed by atoms with Crippen molar-refractivity contribution in [3.8, 4) is 5.69 Å². The fourth-order valence-corrected chi connectivity index (χ4v) is 2.09. The van der Waals surface area contributed by atoms with Gasteiger partial charge in [0.2, 0.25) is 0 Å². The molecular weight excluding hydrogens is 222 g/mol. The van der Waals surface area contributed by atoms with Crippen molar-refractivity contribution in [3.63, 3.8) is 0 Å². The van der Waals surface area contributed by atoms with Crippen LogP contribution in [0.25, 0.3) is 16.6 Å². The Balaban J connectivity index is 2.40. The molecule has 3 aromatic rings. The van der Waals surface area contributed by atoms with Gasteiger partial charge < -0.3 is 4.57 Å². The van der Waals surface area contributed by atoms with Crippen molar-refractivity contribution < 1.29 is 0 Å². The summed E-state index contributed by atoms with van der Waals surface area (Å²) in [5.41, 5.74) is 2.99. The maximum Gasteiger partial charge on any atom is 0.158 e. The molecule has 0 bridgehead atoms. The fraction of sp³-hybridized carbons (Fsp3) is 0.0667. The SMILES string of the molecule is CN=c1ncn(-c2ccccc2)c2ccccc12. The first-order valence-corrected chi connectivity index (χ1v) is 5.85. The van der Waals surface area contributed by atoms with Crippen molar-refractivity contribution in [2.45, 2.75) is 0 Å². The topological polar surface area (TPSA) is 30.2 Å². The van der Waals surface area contributed by atoms with Gasteiger partial charge in [-0.05, 0) is 24.3 Å². The van der Waals surface area contributed by atoms with E-state index in [1.54, 1.807) is 7.05 Å². The third kappa shape index (κ3) is 1.70. The average molecular weight is 235 g/mol. The van der Waals surface area contributed by atoms with Crippen LogP contribution in [-0.4, -0.2) is 16.6 Å².